The highest BCUT2D eigenvalue weighted by molar-refractivity contribution is 7.15. The predicted octanol–water partition coefficient (Wildman–Crippen LogP) is 2.32. The summed E-state index contributed by atoms with van der Waals surface area (Å²) >= 11 is 1.54. The van der Waals surface area contributed by atoms with E-state index in [0.717, 1.165) is 48.2 Å². The Morgan fingerprint density at radius 1 is 1.30 bits per heavy atom. The summed E-state index contributed by atoms with van der Waals surface area (Å²) < 4.78 is 7.30. The molecule has 0 spiro atoms. The summed E-state index contributed by atoms with van der Waals surface area (Å²) in [5.41, 5.74) is 6.29. The van der Waals surface area contributed by atoms with E-state index in [1.54, 1.807) is 11.3 Å². The van der Waals surface area contributed by atoms with Crippen molar-refractivity contribution in [2.75, 3.05) is 31.2 Å². The maximum atomic E-state index is 12.1. The lowest BCUT2D eigenvalue weighted by molar-refractivity contribution is -0.120. The Morgan fingerprint density at radius 2 is 2.07 bits per heavy atom. The lowest BCUT2D eigenvalue weighted by Gasteiger charge is -2.28. The van der Waals surface area contributed by atoms with Gasteiger partial charge in [0, 0.05) is 36.6 Å². The zero-order valence-corrected chi connectivity index (χ0v) is 15.9. The fraction of sp³-hybridized carbons (Fsp3) is 0.316. The maximum absolute atomic E-state index is 12.1. The number of rotatable bonds is 5. The molecule has 0 unspecified atom stereocenters. The van der Waals surface area contributed by atoms with Crippen molar-refractivity contribution in [2.45, 2.75) is 13.3 Å². The van der Waals surface area contributed by atoms with Crippen molar-refractivity contribution in [1.29, 1.82) is 0 Å². The lowest BCUT2D eigenvalue weighted by atomic mass is 10.1. The van der Waals surface area contributed by atoms with Gasteiger partial charge in [-0.2, -0.15) is 5.10 Å². The quantitative estimate of drug-likeness (QED) is 0.542. The van der Waals surface area contributed by atoms with E-state index < -0.39 is 0 Å². The number of thiazole rings is 1. The van der Waals surface area contributed by atoms with Crippen LogP contribution in [-0.2, 0) is 16.0 Å². The largest absolute Gasteiger partial charge is 0.378 e. The van der Waals surface area contributed by atoms with E-state index >= 15 is 0 Å². The predicted molar refractivity (Wildman–Crippen MR) is 107 cm³/mol. The van der Waals surface area contributed by atoms with E-state index in [0.29, 0.717) is 0 Å². The first kappa shape index (κ1) is 17.7. The topological polar surface area (TPSA) is 71.2 Å². The fourth-order valence-electron chi connectivity index (χ4n) is 3.01. The molecule has 0 bridgehead atoms. The van der Waals surface area contributed by atoms with Crippen LogP contribution in [0.2, 0.25) is 0 Å². The second-order valence-corrected chi connectivity index (χ2v) is 7.25. The number of morpholine rings is 1. The number of anilines is 1. The van der Waals surface area contributed by atoms with E-state index in [-0.39, 0.29) is 12.3 Å². The van der Waals surface area contributed by atoms with Crippen LogP contribution in [0, 0.1) is 0 Å². The first-order valence-electron chi connectivity index (χ1n) is 8.86. The number of nitrogens with zero attached hydrogens (tertiary/aromatic N) is 4. The third-order valence-corrected chi connectivity index (χ3v) is 5.27. The van der Waals surface area contributed by atoms with E-state index in [1.807, 2.05) is 41.2 Å². The molecule has 1 saturated heterocycles. The van der Waals surface area contributed by atoms with Crippen LogP contribution >= 0.6 is 11.3 Å². The Bertz CT molecular complexity index is 926. The zero-order valence-electron chi connectivity index (χ0n) is 15.1. The summed E-state index contributed by atoms with van der Waals surface area (Å²) in [5.74, 6) is -0.176. The molecule has 4 rings (SSSR count). The molecule has 3 aromatic rings. The number of hydrogen-bond acceptors (Lipinski definition) is 6. The highest BCUT2D eigenvalue weighted by atomic mass is 32.1. The molecule has 1 N–H and O–H groups in total. The van der Waals surface area contributed by atoms with Gasteiger partial charge in [0.05, 0.1) is 31.0 Å². The summed E-state index contributed by atoms with van der Waals surface area (Å²) in [6, 6.07) is 8.22. The monoisotopic (exact) mass is 383 g/mol. The molecule has 0 atom stereocenters. The number of amides is 1. The van der Waals surface area contributed by atoms with Crippen LogP contribution in [0.15, 0.2) is 47.1 Å². The SMILES string of the molecule is C/C(=N/NC(=O)Cc1cn2ccsc2n1)c1ccc(N2CCOCC2)cc1. The van der Waals surface area contributed by atoms with Gasteiger partial charge in [0.1, 0.15) is 0 Å². The average molecular weight is 383 g/mol. The lowest BCUT2D eigenvalue weighted by Crippen LogP contribution is -2.36. The standard InChI is InChI=1S/C19H21N5O2S/c1-14(15-2-4-17(5-3-15)23-6-9-26-10-7-23)21-22-18(25)12-16-13-24-8-11-27-19(24)20-16/h2-5,8,11,13H,6-7,9-10,12H2,1H3,(H,22,25)/b21-14-. The summed E-state index contributed by atoms with van der Waals surface area (Å²) in [4.78, 5) is 19.7. The Morgan fingerprint density at radius 3 is 2.81 bits per heavy atom. The molecule has 0 aliphatic carbocycles. The molecular formula is C19H21N5O2S. The summed E-state index contributed by atoms with van der Waals surface area (Å²) in [7, 11) is 0. The van der Waals surface area contributed by atoms with Crippen LogP contribution in [0.1, 0.15) is 18.2 Å². The molecule has 1 amide bonds. The molecular weight excluding hydrogens is 362 g/mol. The van der Waals surface area contributed by atoms with Crippen molar-refractivity contribution in [3.63, 3.8) is 0 Å². The molecule has 0 saturated carbocycles. The number of imidazole rings is 1. The van der Waals surface area contributed by atoms with Crippen LogP contribution in [0.5, 0.6) is 0 Å². The molecule has 2 aromatic heterocycles. The molecule has 1 fully saturated rings. The van der Waals surface area contributed by atoms with Gasteiger partial charge in [-0.1, -0.05) is 12.1 Å². The third-order valence-electron chi connectivity index (χ3n) is 4.49. The van der Waals surface area contributed by atoms with Crippen molar-refractivity contribution in [3.8, 4) is 0 Å². The molecule has 3 heterocycles. The van der Waals surface area contributed by atoms with Crippen LogP contribution in [0.25, 0.3) is 4.96 Å². The molecule has 1 aromatic carbocycles. The highest BCUT2D eigenvalue weighted by Crippen LogP contribution is 2.17. The van der Waals surface area contributed by atoms with Crippen LogP contribution < -0.4 is 10.3 Å². The van der Waals surface area contributed by atoms with Gasteiger partial charge in [-0.15, -0.1) is 11.3 Å². The van der Waals surface area contributed by atoms with Crippen molar-refractivity contribution < 1.29 is 9.53 Å². The number of hydrazone groups is 1. The van der Waals surface area contributed by atoms with Gasteiger partial charge < -0.3 is 9.64 Å². The second kappa shape index (κ2) is 7.89. The van der Waals surface area contributed by atoms with Gasteiger partial charge in [-0.3, -0.25) is 9.20 Å². The first-order chi connectivity index (χ1) is 13.2. The Balaban J connectivity index is 1.35. The van der Waals surface area contributed by atoms with Crippen molar-refractivity contribution in [1.82, 2.24) is 14.8 Å². The smallest absolute Gasteiger partial charge is 0.246 e. The minimum atomic E-state index is -0.176. The molecule has 7 nitrogen and oxygen atoms in total. The number of fused-ring (bicyclic) bond motifs is 1. The van der Waals surface area contributed by atoms with Crippen LogP contribution in [0.3, 0.4) is 0 Å². The number of aromatic nitrogens is 2. The second-order valence-electron chi connectivity index (χ2n) is 6.38. The van der Waals surface area contributed by atoms with Gasteiger partial charge in [-0.25, -0.2) is 10.4 Å². The third kappa shape index (κ3) is 4.17. The van der Waals surface area contributed by atoms with Gasteiger partial charge >= 0.3 is 0 Å². The fourth-order valence-corrected chi connectivity index (χ4v) is 3.73. The van der Waals surface area contributed by atoms with Crippen LogP contribution in [-0.4, -0.2) is 47.3 Å². The zero-order chi connectivity index (χ0) is 18.6. The van der Waals surface area contributed by atoms with Crippen molar-refractivity contribution >= 4 is 33.6 Å². The summed E-state index contributed by atoms with van der Waals surface area (Å²) in [5, 5.41) is 6.19. The van der Waals surface area contributed by atoms with Crippen LogP contribution in [0.4, 0.5) is 5.69 Å². The normalized spacial score (nSPS) is 15.3. The van der Waals surface area contributed by atoms with E-state index in [9.17, 15) is 4.79 Å². The molecule has 1 aliphatic heterocycles. The maximum Gasteiger partial charge on any atom is 0.246 e. The van der Waals surface area contributed by atoms with Gasteiger partial charge in [0.2, 0.25) is 5.91 Å². The van der Waals surface area contributed by atoms with E-state index in [4.69, 9.17) is 4.74 Å². The molecule has 0 radical (unpaired) electrons. The first-order valence-corrected chi connectivity index (χ1v) is 9.74. The Kier molecular flexibility index (Phi) is 5.17. The number of carbonyl (C=O) groups is 1. The van der Waals surface area contributed by atoms with Gasteiger partial charge in [0.15, 0.2) is 4.96 Å². The number of hydrogen-bond donors (Lipinski definition) is 1. The number of ether oxygens (including phenoxy) is 1. The summed E-state index contributed by atoms with van der Waals surface area (Å²) in [6.45, 7) is 5.24. The summed E-state index contributed by atoms with van der Waals surface area (Å²) in [6.07, 6.45) is 4.00. The average Bonchev–Trinajstić information content (AvgIpc) is 3.28. The molecule has 27 heavy (non-hydrogen) atoms. The van der Waals surface area contributed by atoms with Gasteiger partial charge in [0.25, 0.3) is 0 Å². The Hall–Kier alpha value is -2.71. The highest BCUT2D eigenvalue weighted by Gasteiger charge is 2.11. The van der Waals surface area contributed by atoms with E-state index in [1.165, 1.54) is 5.69 Å². The Labute approximate surface area is 161 Å². The molecule has 1 aliphatic rings. The van der Waals surface area contributed by atoms with Crippen molar-refractivity contribution in [3.05, 3.63) is 53.3 Å². The number of carbonyl (C=O) groups excluding carboxylic acids is 1. The minimum Gasteiger partial charge on any atom is -0.378 e. The minimum absolute atomic E-state index is 0.176. The molecule has 140 valence electrons. The number of benzene rings is 1. The van der Waals surface area contributed by atoms with Gasteiger partial charge in [-0.05, 0) is 24.6 Å². The number of nitrogens with one attached hydrogen (secondary N) is 1. The van der Waals surface area contributed by atoms with E-state index in [2.05, 4.69) is 32.5 Å². The van der Waals surface area contributed by atoms with Crippen molar-refractivity contribution in [2.24, 2.45) is 5.10 Å². The molecule has 8 heteroatoms.